The fourth-order valence-electron chi connectivity index (χ4n) is 3.75. The zero-order chi connectivity index (χ0) is 22.9. The molecule has 1 aliphatic heterocycles. The largest absolute Gasteiger partial charge is 0.394 e. The summed E-state index contributed by atoms with van der Waals surface area (Å²) < 4.78 is 32.9. The summed E-state index contributed by atoms with van der Waals surface area (Å²) in [7, 11) is 0. The third-order valence-corrected chi connectivity index (χ3v) is 5.42. The minimum atomic E-state index is -0.995. The molecule has 5 heteroatoms. The van der Waals surface area contributed by atoms with E-state index in [-0.39, 0.29) is 6.61 Å². The van der Waals surface area contributed by atoms with Crippen LogP contribution in [0.4, 0.5) is 0 Å². The van der Waals surface area contributed by atoms with Gasteiger partial charge in [0.05, 0.1) is 34.4 Å². The Morgan fingerprint density at radius 2 is 1.09 bits per heavy atom. The van der Waals surface area contributed by atoms with E-state index in [1.54, 1.807) is 0 Å². The smallest absolute Gasteiger partial charge is 0.115 e. The van der Waals surface area contributed by atoms with Crippen LogP contribution in [0.5, 0.6) is 0 Å². The molecule has 0 radical (unpaired) electrons. The normalized spacial score (nSPS) is 24.2. The number of aliphatic hydroxyl groups is 1. The van der Waals surface area contributed by atoms with E-state index in [4.69, 9.17) is 20.3 Å². The minimum Gasteiger partial charge on any atom is -0.394 e. The van der Waals surface area contributed by atoms with E-state index >= 15 is 0 Å². The molecule has 1 N–H and O–H groups in total. The van der Waals surface area contributed by atoms with E-state index < -0.39 is 31.0 Å². The van der Waals surface area contributed by atoms with Crippen molar-refractivity contribution in [3.8, 4) is 0 Å². The Kier molecular flexibility index (Phi) is 7.93. The number of hydrogen-bond donors (Lipinski definition) is 1. The van der Waals surface area contributed by atoms with Crippen molar-refractivity contribution in [3.63, 3.8) is 0 Å². The number of ether oxygens (including phenoxy) is 4. The minimum absolute atomic E-state index is 0.230. The summed E-state index contributed by atoms with van der Waals surface area (Å²) in [6.07, 6.45) is -2.40. The van der Waals surface area contributed by atoms with E-state index in [9.17, 15) is 5.11 Å². The zero-order valence-corrected chi connectivity index (χ0v) is 18.0. The van der Waals surface area contributed by atoms with Gasteiger partial charge in [-0.1, -0.05) is 91.0 Å². The van der Waals surface area contributed by atoms with Gasteiger partial charge in [-0.3, -0.25) is 0 Å². The second-order valence-electron chi connectivity index (χ2n) is 7.78. The Labute approximate surface area is 190 Å². The molecule has 4 rings (SSSR count). The summed E-state index contributed by atoms with van der Waals surface area (Å²) in [5.74, 6) is 0. The van der Waals surface area contributed by atoms with Crippen molar-refractivity contribution in [2.45, 2.75) is 44.2 Å². The van der Waals surface area contributed by atoms with Crippen LogP contribution in [-0.2, 0) is 38.8 Å². The lowest BCUT2D eigenvalue weighted by Gasteiger charge is -2.25. The molecule has 0 aliphatic carbocycles. The van der Waals surface area contributed by atoms with Gasteiger partial charge in [0.1, 0.15) is 24.4 Å². The summed E-state index contributed by atoms with van der Waals surface area (Å²) in [6.45, 7) is -0.228. The lowest BCUT2D eigenvalue weighted by molar-refractivity contribution is -0.0901. The monoisotopic (exact) mass is 435 g/mol. The topological polar surface area (TPSA) is 57.2 Å². The highest BCUT2D eigenvalue weighted by atomic mass is 16.6. The average molecular weight is 436 g/mol. The lowest BCUT2D eigenvalue weighted by atomic mass is 10.1. The van der Waals surface area contributed by atoms with Gasteiger partial charge in [0.25, 0.3) is 0 Å². The van der Waals surface area contributed by atoms with Crippen LogP contribution in [-0.4, -0.2) is 42.7 Å². The van der Waals surface area contributed by atoms with Crippen molar-refractivity contribution in [1.82, 2.24) is 0 Å². The maximum atomic E-state index is 9.98. The molecular formula is C27H30O5. The van der Waals surface area contributed by atoms with Gasteiger partial charge >= 0.3 is 0 Å². The molecule has 0 spiro atoms. The third-order valence-electron chi connectivity index (χ3n) is 5.42. The van der Waals surface area contributed by atoms with E-state index in [0.717, 1.165) is 16.7 Å². The first kappa shape index (κ1) is 21.3. The molecule has 1 unspecified atom stereocenters. The van der Waals surface area contributed by atoms with Gasteiger partial charge < -0.3 is 24.1 Å². The molecule has 168 valence electrons. The van der Waals surface area contributed by atoms with Crippen molar-refractivity contribution in [3.05, 3.63) is 108 Å². The van der Waals surface area contributed by atoms with Crippen LogP contribution < -0.4 is 0 Å². The predicted octanol–water partition coefficient (Wildman–Crippen LogP) is 4.13. The fraction of sp³-hybridized carbons (Fsp3) is 0.333. The summed E-state index contributed by atoms with van der Waals surface area (Å²) in [6, 6.07) is 29.4. The molecule has 32 heavy (non-hydrogen) atoms. The van der Waals surface area contributed by atoms with Gasteiger partial charge in [-0.05, 0) is 16.7 Å². The summed E-state index contributed by atoms with van der Waals surface area (Å²) >= 11 is 0. The first-order chi connectivity index (χ1) is 16.2. The van der Waals surface area contributed by atoms with Gasteiger partial charge in [0.2, 0.25) is 0 Å². The van der Waals surface area contributed by atoms with Crippen molar-refractivity contribution >= 4 is 0 Å². The lowest BCUT2D eigenvalue weighted by Crippen LogP contribution is -2.39. The Balaban J connectivity index is 1.47. The standard InChI is InChI=1S/C27H30O5/c28-16-24-26(30-18-22-12-6-2-7-13-22)27(31-19-23-14-8-3-9-15-23)25(32-24)20-29-17-21-10-4-1-5-11-21/h1-15,24-28H,16-20H2/t24-,25+,26+,27+/m0/s1/i20D/t20?,24-,25+,26+,27+. The highest BCUT2D eigenvalue weighted by Crippen LogP contribution is 2.29. The summed E-state index contributed by atoms with van der Waals surface area (Å²) in [5.41, 5.74) is 3.00. The molecule has 1 heterocycles. The number of aliphatic hydroxyl groups excluding tert-OH is 1. The van der Waals surface area contributed by atoms with Crippen LogP contribution in [0.25, 0.3) is 0 Å². The van der Waals surface area contributed by atoms with Crippen LogP contribution in [0.3, 0.4) is 0 Å². The van der Waals surface area contributed by atoms with Crippen molar-refractivity contribution in [2.24, 2.45) is 0 Å². The molecule has 0 bridgehead atoms. The number of benzene rings is 3. The van der Waals surface area contributed by atoms with Crippen molar-refractivity contribution in [1.29, 1.82) is 0 Å². The fourth-order valence-corrected chi connectivity index (χ4v) is 3.75. The Hall–Kier alpha value is -2.54. The number of rotatable bonds is 11. The predicted molar refractivity (Wildman–Crippen MR) is 122 cm³/mol. The van der Waals surface area contributed by atoms with E-state index in [1.165, 1.54) is 0 Å². The van der Waals surface area contributed by atoms with Crippen molar-refractivity contribution in [2.75, 3.05) is 13.2 Å². The zero-order valence-electron chi connectivity index (χ0n) is 19.0. The quantitative estimate of drug-likeness (QED) is 0.491. The Morgan fingerprint density at radius 1 is 0.656 bits per heavy atom. The van der Waals surface area contributed by atoms with Gasteiger partial charge in [-0.15, -0.1) is 0 Å². The van der Waals surface area contributed by atoms with E-state index in [1.807, 2.05) is 91.0 Å². The molecule has 3 aromatic rings. The second-order valence-corrected chi connectivity index (χ2v) is 7.78. The van der Waals surface area contributed by atoms with Gasteiger partial charge in [0.15, 0.2) is 0 Å². The second kappa shape index (κ2) is 11.9. The summed E-state index contributed by atoms with van der Waals surface area (Å²) in [4.78, 5) is 0. The molecule has 3 aromatic carbocycles. The molecule has 0 aromatic heterocycles. The van der Waals surface area contributed by atoms with Crippen LogP contribution in [0.2, 0.25) is 0 Å². The SMILES string of the molecule is [2H]C(OCc1ccccc1)[C@H]1O[C@@H](CO)[C@@H](OCc2ccccc2)[C@@H]1OCc1ccccc1. The highest BCUT2D eigenvalue weighted by Gasteiger charge is 2.46. The summed E-state index contributed by atoms with van der Waals surface area (Å²) in [5, 5.41) is 9.98. The highest BCUT2D eigenvalue weighted by molar-refractivity contribution is 5.15. The Bertz CT molecular complexity index is 941. The average Bonchev–Trinajstić information content (AvgIpc) is 3.24. The van der Waals surface area contributed by atoms with Gasteiger partial charge in [-0.2, -0.15) is 0 Å². The van der Waals surface area contributed by atoms with Gasteiger partial charge in [0, 0.05) is 0 Å². The van der Waals surface area contributed by atoms with Crippen LogP contribution in [0, 0.1) is 0 Å². The van der Waals surface area contributed by atoms with Crippen LogP contribution in [0.15, 0.2) is 91.0 Å². The molecule has 0 amide bonds. The molecule has 1 fully saturated rings. The van der Waals surface area contributed by atoms with Crippen molar-refractivity contribution < 1.29 is 25.4 Å². The third kappa shape index (κ3) is 6.25. The molecule has 5 atom stereocenters. The molecular weight excluding hydrogens is 404 g/mol. The van der Waals surface area contributed by atoms with E-state index in [0.29, 0.717) is 19.8 Å². The molecule has 1 aliphatic rings. The first-order valence-corrected chi connectivity index (χ1v) is 10.9. The van der Waals surface area contributed by atoms with Gasteiger partial charge in [-0.25, -0.2) is 0 Å². The maximum absolute atomic E-state index is 9.98. The van der Waals surface area contributed by atoms with E-state index in [2.05, 4.69) is 0 Å². The van der Waals surface area contributed by atoms with Crippen LogP contribution >= 0.6 is 0 Å². The molecule has 0 saturated carbocycles. The van der Waals surface area contributed by atoms with Crippen LogP contribution in [0.1, 0.15) is 18.1 Å². The number of hydrogen-bond acceptors (Lipinski definition) is 5. The first-order valence-electron chi connectivity index (χ1n) is 11.5. The maximum Gasteiger partial charge on any atom is 0.115 e. The molecule has 1 saturated heterocycles. The Morgan fingerprint density at radius 3 is 1.56 bits per heavy atom. The molecule has 5 nitrogen and oxygen atoms in total.